The van der Waals surface area contributed by atoms with E-state index in [9.17, 15) is 9.59 Å². The van der Waals surface area contributed by atoms with Gasteiger partial charge in [-0.05, 0) is 43.3 Å². The van der Waals surface area contributed by atoms with Crippen LogP contribution in [0.2, 0.25) is 10.0 Å². The van der Waals surface area contributed by atoms with Crippen LogP contribution in [0.15, 0.2) is 42.5 Å². The van der Waals surface area contributed by atoms with E-state index in [0.717, 1.165) is 0 Å². The highest BCUT2D eigenvalue weighted by molar-refractivity contribution is 6.42. The Hall–Kier alpha value is -3.54. The van der Waals surface area contributed by atoms with Crippen molar-refractivity contribution in [2.24, 2.45) is 5.73 Å². The van der Waals surface area contributed by atoms with Gasteiger partial charge in [0, 0.05) is 11.3 Å². The molecule has 0 aliphatic carbocycles. The second-order valence-corrected chi connectivity index (χ2v) is 8.26. The number of nitriles is 1. The topological polar surface area (TPSA) is 117 Å². The van der Waals surface area contributed by atoms with E-state index >= 15 is 0 Å². The van der Waals surface area contributed by atoms with Crippen LogP contribution < -0.4 is 11.1 Å². The van der Waals surface area contributed by atoms with E-state index in [4.69, 9.17) is 34.2 Å². The zero-order chi connectivity index (χ0) is 23.0. The number of nitrogens with one attached hydrogen (secondary N) is 1. The van der Waals surface area contributed by atoms with Crippen LogP contribution in [-0.2, 0) is 13.1 Å². The number of primary amides is 1. The smallest absolute Gasteiger partial charge is 0.322 e. The normalized spacial score (nSPS) is 15.1. The fraction of sp³-hybridized carbons (Fsp3) is 0.182. The molecule has 0 saturated carbocycles. The van der Waals surface area contributed by atoms with Crippen LogP contribution in [0.25, 0.3) is 11.3 Å². The van der Waals surface area contributed by atoms with Crippen LogP contribution in [0.4, 0.5) is 10.5 Å². The van der Waals surface area contributed by atoms with E-state index in [2.05, 4.69) is 10.4 Å². The standard InChI is InChI=1S/C22H18Cl2N6O2/c1-12-10-30-18(11-29(12)22(32)27-15-5-2-13(9-25)3-6-15)19(21(26)31)20(28-30)14-4-7-16(23)17(24)8-14/h2-8,12H,10-11H2,1H3,(H2,26,31)(H,27,32). The highest BCUT2D eigenvalue weighted by Crippen LogP contribution is 2.33. The van der Waals surface area contributed by atoms with Gasteiger partial charge in [-0.3, -0.25) is 9.48 Å². The zero-order valence-electron chi connectivity index (χ0n) is 17.0. The molecule has 0 bridgehead atoms. The molecule has 0 saturated heterocycles. The maximum Gasteiger partial charge on any atom is 0.322 e. The van der Waals surface area contributed by atoms with Crippen molar-refractivity contribution in [3.8, 4) is 17.3 Å². The quantitative estimate of drug-likeness (QED) is 0.596. The van der Waals surface area contributed by atoms with Crippen molar-refractivity contribution in [1.82, 2.24) is 14.7 Å². The molecule has 1 aromatic heterocycles. The number of rotatable bonds is 3. The lowest BCUT2D eigenvalue weighted by molar-refractivity contribution is 0.0995. The van der Waals surface area contributed by atoms with Gasteiger partial charge in [0.2, 0.25) is 0 Å². The number of hydrogen-bond donors (Lipinski definition) is 2. The van der Waals surface area contributed by atoms with Gasteiger partial charge >= 0.3 is 6.03 Å². The fourth-order valence-corrected chi connectivity index (χ4v) is 3.97. The van der Waals surface area contributed by atoms with Gasteiger partial charge in [-0.2, -0.15) is 10.4 Å². The number of nitrogens with two attached hydrogens (primary N) is 1. The molecule has 2 heterocycles. The van der Waals surface area contributed by atoms with Crippen molar-refractivity contribution in [1.29, 1.82) is 5.26 Å². The summed E-state index contributed by atoms with van der Waals surface area (Å²) in [6.45, 7) is 2.43. The molecule has 0 fully saturated rings. The summed E-state index contributed by atoms with van der Waals surface area (Å²) in [6, 6.07) is 13.1. The van der Waals surface area contributed by atoms with Crippen molar-refractivity contribution < 1.29 is 9.59 Å². The number of anilines is 1. The Bertz CT molecular complexity index is 1260. The Balaban J connectivity index is 1.66. The number of carbonyl (C=O) groups excluding carboxylic acids is 2. The molecule has 1 unspecified atom stereocenters. The average Bonchev–Trinajstić information content (AvgIpc) is 3.14. The zero-order valence-corrected chi connectivity index (χ0v) is 18.5. The lowest BCUT2D eigenvalue weighted by Crippen LogP contribution is -2.47. The third-order valence-corrected chi connectivity index (χ3v) is 6.05. The van der Waals surface area contributed by atoms with Crippen molar-refractivity contribution in [3.05, 3.63) is 69.3 Å². The SMILES string of the molecule is CC1Cn2nc(-c3ccc(Cl)c(Cl)c3)c(C(N)=O)c2CN1C(=O)Nc1ccc(C#N)cc1. The van der Waals surface area contributed by atoms with Crippen LogP contribution in [0.3, 0.4) is 0 Å². The number of hydrogen-bond acceptors (Lipinski definition) is 4. The fourth-order valence-electron chi connectivity index (χ4n) is 3.67. The van der Waals surface area contributed by atoms with Crippen molar-refractivity contribution >= 4 is 40.8 Å². The molecule has 10 heteroatoms. The Morgan fingerprint density at radius 2 is 1.91 bits per heavy atom. The third-order valence-electron chi connectivity index (χ3n) is 5.31. The van der Waals surface area contributed by atoms with E-state index < -0.39 is 5.91 Å². The summed E-state index contributed by atoms with van der Waals surface area (Å²) in [5.41, 5.74) is 8.55. The molecule has 2 aromatic carbocycles. The summed E-state index contributed by atoms with van der Waals surface area (Å²) in [6.07, 6.45) is 0. The molecule has 32 heavy (non-hydrogen) atoms. The molecule has 8 nitrogen and oxygen atoms in total. The number of urea groups is 1. The van der Waals surface area contributed by atoms with Gasteiger partial charge in [-0.1, -0.05) is 29.3 Å². The molecular weight excluding hydrogens is 451 g/mol. The van der Waals surface area contributed by atoms with Gasteiger partial charge < -0.3 is 16.0 Å². The molecule has 0 spiro atoms. The molecule has 1 atom stereocenters. The average molecular weight is 469 g/mol. The molecule has 1 aliphatic heterocycles. The third kappa shape index (κ3) is 4.00. The number of halogens is 2. The predicted octanol–water partition coefficient (Wildman–Crippen LogP) is 4.26. The summed E-state index contributed by atoms with van der Waals surface area (Å²) >= 11 is 12.2. The molecule has 4 rings (SSSR count). The van der Waals surface area contributed by atoms with E-state index in [1.165, 1.54) is 0 Å². The summed E-state index contributed by atoms with van der Waals surface area (Å²) in [4.78, 5) is 26.9. The van der Waals surface area contributed by atoms with Crippen LogP contribution in [-0.4, -0.2) is 32.7 Å². The van der Waals surface area contributed by atoms with Crippen molar-refractivity contribution in [3.63, 3.8) is 0 Å². The maximum absolute atomic E-state index is 13.0. The summed E-state index contributed by atoms with van der Waals surface area (Å²) in [5, 5.41) is 17.1. The Morgan fingerprint density at radius 3 is 2.53 bits per heavy atom. The first-order valence-corrected chi connectivity index (χ1v) is 10.5. The molecule has 3 N–H and O–H groups in total. The lowest BCUT2D eigenvalue weighted by Gasteiger charge is -2.34. The highest BCUT2D eigenvalue weighted by atomic mass is 35.5. The molecule has 1 aliphatic rings. The summed E-state index contributed by atoms with van der Waals surface area (Å²) in [5.74, 6) is -0.644. The monoisotopic (exact) mass is 468 g/mol. The molecule has 162 valence electrons. The van der Waals surface area contributed by atoms with Gasteiger partial charge in [0.25, 0.3) is 5.91 Å². The Kier molecular flexibility index (Phi) is 5.78. The second kappa shape index (κ2) is 8.54. The molecule has 0 radical (unpaired) electrons. The summed E-state index contributed by atoms with van der Waals surface area (Å²) in [7, 11) is 0. The molecule has 3 amide bonds. The van der Waals surface area contributed by atoms with E-state index in [-0.39, 0.29) is 24.2 Å². The van der Waals surface area contributed by atoms with Crippen molar-refractivity contribution in [2.45, 2.75) is 26.1 Å². The largest absolute Gasteiger partial charge is 0.365 e. The lowest BCUT2D eigenvalue weighted by atomic mass is 10.0. The minimum Gasteiger partial charge on any atom is -0.365 e. The minimum absolute atomic E-state index is 0.149. The van der Waals surface area contributed by atoms with Crippen molar-refractivity contribution in [2.75, 3.05) is 5.32 Å². The summed E-state index contributed by atoms with van der Waals surface area (Å²) < 4.78 is 1.70. The second-order valence-electron chi connectivity index (χ2n) is 7.44. The van der Waals surface area contributed by atoms with Crippen LogP contribution >= 0.6 is 23.2 Å². The first kappa shape index (κ1) is 21.7. The predicted molar refractivity (Wildman–Crippen MR) is 121 cm³/mol. The first-order chi connectivity index (χ1) is 15.3. The number of fused-ring (bicyclic) bond motifs is 1. The number of amides is 3. The minimum atomic E-state index is -0.644. The highest BCUT2D eigenvalue weighted by Gasteiger charge is 2.33. The number of carbonyl (C=O) groups is 2. The van der Waals surface area contributed by atoms with E-state index in [1.807, 2.05) is 13.0 Å². The number of nitrogens with zero attached hydrogens (tertiary/aromatic N) is 4. The first-order valence-electron chi connectivity index (χ1n) is 9.71. The van der Waals surface area contributed by atoms with Gasteiger partial charge in [-0.15, -0.1) is 0 Å². The van der Waals surface area contributed by atoms with Gasteiger partial charge in [-0.25, -0.2) is 4.79 Å². The number of benzene rings is 2. The molecular formula is C22H18Cl2N6O2. The molecule has 3 aromatic rings. The van der Waals surface area contributed by atoms with Crippen LogP contribution in [0, 0.1) is 11.3 Å². The Morgan fingerprint density at radius 1 is 1.19 bits per heavy atom. The van der Waals surface area contributed by atoms with Crippen LogP contribution in [0.5, 0.6) is 0 Å². The van der Waals surface area contributed by atoms with E-state index in [0.29, 0.717) is 44.8 Å². The maximum atomic E-state index is 13.0. The Labute approximate surface area is 194 Å². The van der Waals surface area contributed by atoms with E-state index in [1.54, 1.807) is 52.0 Å². The van der Waals surface area contributed by atoms with Gasteiger partial charge in [0.15, 0.2) is 0 Å². The number of aromatic nitrogens is 2. The van der Waals surface area contributed by atoms with Gasteiger partial charge in [0.1, 0.15) is 5.69 Å². The van der Waals surface area contributed by atoms with Gasteiger partial charge in [0.05, 0.1) is 52.1 Å². The van der Waals surface area contributed by atoms with Crippen LogP contribution in [0.1, 0.15) is 28.5 Å².